The first kappa shape index (κ1) is 14.4. The average molecular weight is 325 g/mol. The number of nitrogens with one attached hydrogen (secondary N) is 1. The Kier molecular flexibility index (Phi) is 3.66. The van der Waals surface area contributed by atoms with Crippen molar-refractivity contribution in [3.8, 4) is 28.7 Å². The van der Waals surface area contributed by atoms with E-state index in [0.29, 0.717) is 18.3 Å². The first-order valence-corrected chi connectivity index (χ1v) is 7.42. The van der Waals surface area contributed by atoms with Gasteiger partial charge in [0.25, 0.3) is 0 Å². The Morgan fingerprint density at radius 2 is 1.88 bits per heavy atom. The Labute approximate surface area is 138 Å². The maximum Gasteiger partial charge on any atom is 0.247 e. The molecule has 1 aliphatic rings. The second-order valence-corrected chi connectivity index (χ2v) is 5.15. The van der Waals surface area contributed by atoms with Gasteiger partial charge in [-0.3, -0.25) is 0 Å². The molecule has 0 bridgehead atoms. The molecule has 0 spiro atoms. The van der Waals surface area contributed by atoms with Crippen LogP contribution in [0.25, 0.3) is 11.5 Å². The highest BCUT2D eigenvalue weighted by Gasteiger charge is 2.14. The minimum atomic E-state index is 0.258. The van der Waals surface area contributed by atoms with Crippen LogP contribution in [0.15, 0.2) is 46.9 Å². The number of rotatable bonds is 5. The van der Waals surface area contributed by atoms with Gasteiger partial charge in [-0.05, 0) is 36.4 Å². The van der Waals surface area contributed by atoms with Crippen molar-refractivity contribution in [2.75, 3.05) is 19.2 Å². The lowest BCUT2D eigenvalue weighted by atomic mass is 10.2. The van der Waals surface area contributed by atoms with Crippen LogP contribution in [0.4, 0.5) is 5.69 Å². The zero-order valence-electron chi connectivity index (χ0n) is 13.0. The van der Waals surface area contributed by atoms with E-state index >= 15 is 0 Å². The maximum atomic E-state index is 5.68. The van der Waals surface area contributed by atoms with Crippen molar-refractivity contribution in [3.05, 3.63) is 48.4 Å². The van der Waals surface area contributed by atoms with Crippen LogP contribution < -0.4 is 19.5 Å². The van der Waals surface area contributed by atoms with Gasteiger partial charge in [0.2, 0.25) is 18.6 Å². The van der Waals surface area contributed by atoms with E-state index in [1.54, 1.807) is 7.11 Å². The fourth-order valence-corrected chi connectivity index (χ4v) is 2.36. The highest BCUT2D eigenvalue weighted by atomic mass is 16.7. The highest BCUT2D eigenvalue weighted by molar-refractivity contribution is 5.56. The van der Waals surface area contributed by atoms with E-state index in [1.165, 1.54) is 0 Å². The first-order chi connectivity index (χ1) is 11.8. The molecule has 0 saturated carbocycles. The summed E-state index contributed by atoms with van der Waals surface area (Å²) in [6.45, 7) is 0.677. The molecule has 0 amide bonds. The van der Waals surface area contributed by atoms with Gasteiger partial charge in [-0.1, -0.05) is 0 Å². The largest absolute Gasteiger partial charge is 0.497 e. The van der Waals surface area contributed by atoms with Gasteiger partial charge in [-0.2, -0.15) is 0 Å². The monoisotopic (exact) mass is 325 g/mol. The third-order valence-corrected chi connectivity index (χ3v) is 3.62. The summed E-state index contributed by atoms with van der Waals surface area (Å²) in [5, 5.41) is 11.3. The van der Waals surface area contributed by atoms with Gasteiger partial charge in [-0.15, -0.1) is 10.2 Å². The van der Waals surface area contributed by atoms with Crippen LogP contribution in [-0.4, -0.2) is 24.1 Å². The Morgan fingerprint density at radius 3 is 2.71 bits per heavy atom. The fourth-order valence-electron chi connectivity index (χ4n) is 2.36. The summed E-state index contributed by atoms with van der Waals surface area (Å²) in [5.41, 5.74) is 1.74. The molecule has 3 aromatic rings. The van der Waals surface area contributed by atoms with E-state index in [2.05, 4.69) is 15.5 Å². The lowest BCUT2D eigenvalue weighted by Crippen LogP contribution is -1.99. The molecule has 122 valence electrons. The lowest BCUT2D eigenvalue weighted by molar-refractivity contribution is 0.174. The summed E-state index contributed by atoms with van der Waals surface area (Å²) >= 11 is 0. The molecule has 7 heteroatoms. The summed E-state index contributed by atoms with van der Waals surface area (Å²) in [5.74, 6) is 3.23. The van der Waals surface area contributed by atoms with Crippen LogP contribution in [0.1, 0.15) is 5.89 Å². The number of hydrogen-bond donors (Lipinski definition) is 1. The number of methoxy groups -OCH3 is 1. The van der Waals surface area contributed by atoms with E-state index in [-0.39, 0.29) is 6.79 Å². The van der Waals surface area contributed by atoms with Crippen LogP contribution in [-0.2, 0) is 6.54 Å². The maximum absolute atomic E-state index is 5.68. The fraction of sp³-hybridized carbons (Fsp3) is 0.176. The van der Waals surface area contributed by atoms with Gasteiger partial charge in [0.05, 0.1) is 13.7 Å². The molecule has 1 aliphatic heterocycles. The van der Waals surface area contributed by atoms with Gasteiger partial charge in [0.15, 0.2) is 11.5 Å². The summed E-state index contributed by atoms with van der Waals surface area (Å²) in [4.78, 5) is 0. The lowest BCUT2D eigenvalue weighted by Gasteiger charge is -2.04. The van der Waals surface area contributed by atoms with E-state index in [9.17, 15) is 0 Å². The van der Waals surface area contributed by atoms with Crippen molar-refractivity contribution >= 4 is 5.69 Å². The van der Waals surface area contributed by atoms with Crippen LogP contribution in [0.5, 0.6) is 17.2 Å². The number of fused-ring (bicyclic) bond motifs is 1. The SMILES string of the molecule is COc1ccc(-c2nnc(CNc3ccc4c(c3)OCO4)o2)cc1. The Bertz CT molecular complexity index is 845. The van der Waals surface area contributed by atoms with E-state index in [1.807, 2.05) is 42.5 Å². The molecule has 7 nitrogen and oxygen atoms in total. The molecule has 0 radical (unpaired) electrons. The second kappa shape index (κ2) is 6.11. The molecular formula is C17H15N3O4. The molecule has 0 saturated heterocycles. The number of hydrogen-bond acceptors (Lipinski definition) is 7. The molecular weight excluding hydrogens is 310 g/mol. The predicted octanol–water partition coefficient (Wildman–Crippen LogP) is 3.09. The van der Waals surface area contributed by atoms with Crippen molar-refractivity contribution in [1.29, 1.82) is 0 Å². The highest BCUT2D eigenvalue weighted by Crippen LogP contribution is 2.34. The molecule has 2 heterocycles. The topological polar surface area (TPSA) is 78.6 Å². The van der Waals surface area contributed by atoms with Gasteiger partial charge < -0.3 is 23.9 Å². The third-order valence-electron chi connectivity index (χ3n) is 3.62. The Morgan fingerprint density at radius 1 is 1.04 bits per heavy atom. The molecule has 0 atom stereocenters. The van der Waals surface area contributed by atoms with E-state index in [0.717, 1.165) is 28.5 Å². The number of ether oxygens (including phenoxy) is 3. The van der Waals surface area contributed by atoms with Crippen LogP contribution in [0, 0.1) is 0 Å². The second-order valence-electron chi connectivity index (χ2n) is 5.15. The van der Waals surface area contributed by atoms with Crippen molar-refractivity contribution in [3.63, 3.8) is 0 Å². The molecule has 1 N–H and O–H groups in total. The molecule has 0 fully saturated rings. The molecule has 0 unspecified atom stereocenters. The number of nitrogens with zero attached hydrogens (tertiary/aromatic N) is 2. The minimum absolute atomic E-state index is 0.258. The standard InChI is InChI=1S/C17H15N3O4/c1-21-13-5-2-11(3-6-13)17-20-19-16(24-17)9-18-12-4-7-14-15(8-12)23-10-22-14/h2-8,18H,9-10H2,1H3. The number of benzene rings is 2. The Hall–Kier alpha value is -3.22. The normalized spacial score (nSPS) is 12.2. The zero-order valence-corrected chi connectivity index (χ0v) is 13.0. The van der Waals surface area contributed by atoms with Gasteiger partial charge in [-0.25, -0.2) is 0 Å². The zero-order chi connectivity index (χ0) is 16.4. The van der Waals surface area contributed by atoms with Crippen molar-refractivity contribution in [1.82, 2.24) is 10.2 Å². The van der Waals surface area contributed by atoms with Crippen LogP contribution in [0.2, 0.25) is 0 Å². The molecule has 24 heavy (non-hydrogen) atoms. The third kappa shape index (κ3) is 2.83. The summed E-state index contributed by atoms with van der Waals surface area (Å²) < 4.78 is 21.4. The van der Waals surface area contributed by atoms with Crippen molar-refractivity contribution in [2.45, 2.75) is 6.54 Å². The average Bonchev–Trinajstić information content (AvgIpc) is 3.29. The summed E-state index contributed by atoms with van der Waals surface area (Å²) in [6.07, 6.45) is 0. The van der Waals surface area contributed by atoms with Gasteiger partial charge in [0.1, 0.15) is 5.75 Å². The summed E-state index contributed by atoms with van der Waals surface area (Å²) in [7, 11) is 1.63. The predicted molar refractivity (Wildman–Crippen MR) is 86.2 cm³/mol. The number of anilines is 1. The quantitative estimate of drug-likeness (QED) is 0.772. The van der Waals surface area contributed by atoms with Gasteiger partial charge >= 0.3 is 0 Å². The molecule has 4 rings (SSSR count). The van der Waals surface area contributed by atoms with Crippen molar-refractivity contribution in [2.24, 2.45) is 0 Å². The summed E-state index contributed by atoms with van der Waals surface area (Å²) in [6, 6.07) is 13.1. The van der Waals surface area contributed by atoms with Gasteiger partial charge in [0, 0.05) is 17.3 Å². The smallest absolute Gasteiger partial charge is 0.247 e. The molecule has 0 aliphatic carbocycles. The number of aromatic nitrogens is 2. The van der Waals surface area contributed by atoms with Crippen LogP contribution in [0.3, 0.4) is 0 Å². The van der Waals surface area contributed by atoms with Crippen LogP contribution >= 0.6 is 0 Å². The molecule has 1 aromatic heterocycles. The van der Waals surface area contributed by atoms with Crippen molar-refractivity contribution < 1.29 is 18.6 Å². The molecule has 2 aromatic carbocycles. The first-order valence-electron chi connectivity index (χ1n) is 7.42. The Balaban J connectivity index is 1.43. The van der Waals surface area contributed by atoms with E-state index < -0.39 is 0 Å². The van der Waals surface area contributed by atoms with E-state index in [4.69, 9.17) is 18.6 Å². The minimum Gasteiger partial charge on any atom is -0.497 e.